The molecule has 0 spiro atoms. The Morgan fingerprint density at radius 2 is 1.88 bits per heavy atom. The zero-order chi connectivity index (χ0) is 24.0. The maximum absolute atomic E-state index is 11.9. The van der Waals surface area contributed by atoms with Crippen molar-refractivity contribution in [3.05, 3.63) is 47.6 Å². The van der Waals surface area contributed by atoms with Gasteiger partial charge in [-0.2, -0.15) is 0 Å². The predicted octanol–water partition coefficient (Wildman–Crippen LogP) is 5.05. The van der Waals surface area contributed by atoms with Crippen molar-refractivity contribution in [1.82, 2.24) is 0 Å². The van der Waals surface area contributed by atoms with Crippen LogP contribution in [0.25, 0.3) is 0 Å². The van der Waals surface area contributed by atoms with Crippen LogP contribution in [0.5, 0.6) is 0 Å². The number of Topliss-reactive ketones (excluding diaryl/α,β-unsaturated/α-hetero) is 1. The molecule has 7 atom stereocenters. The van der Waals surface area contributed by atoms with Gasteiger partial charge in [0.15, 0.2) is 0 Å². The normalized spacial score (nSPS) is 40.2. The van der Waals surface area contributed by atoms with E-state index < -0.39 is 23.7 Å². The second kappa shape index (κ2) is 9.28. The topological polar surface area (TPSA) is 77.8 Å². The zero-order valence-electron chi connectivity index (χ0n) is 20.6. The van der Waals surface area contributed by atoms with Gasteiger partial charge in [-0.3, -0.25) is 4.79 Å². The molecule has 0 amide bonds. The van der Waals surface area contributed by atoms with Crippen LogP contribution in [0.3, 0.4) is 0 Å². The lowest BCUT2D eigenvalue weighted by atomic mass is 9.61. The van der Waals surface area contributed by atoms with Gasteiger partial charge in [0.25, 0.3) is 0 Å². The van der Waals surface area contributed by atoms with Gasteiger partial charge in [0.2, 0.25) is 0 Å². The highest BCUT2D eigenvalue weighted by Gasteiger charge is 2.53. The number of fused-ring (bicyclic) bond motifs is 1. The second-order valence-corrected chi connectivity index (χ2v) is 11.6. The van der Waals surface area contributed by atoms with Crippen molar-refractivity contribution in [2.24, 2.45) is 28.6 Å². The fourth-order valence-electron chi connectivity index (χ4n) is 7.20. The number of hydrogen-bond donors (Lipinski definition) is 3. The van der Waals surface area contributed by atoms with E-state index in [1.54, 1.807) is 6.92 Å². The average Bonchev–Trinajstić information content (AvgIpc) is 3.50. The summed E-state index contributed by atoms with van der Waals surface area (Å²) in [6.07, 6.45) is 15.0. The molecule has 4 aliphatic carbocycles. The van der Waals surface area contributed by atoms with Gasteiger partial charge in [0.1, 0.15) is 5.78 Å². The highest BCUT2D eigenvalue weighted by molar-refractivity contribution is 5.86. The number of allylic oxidation sites excluding steroid dienone is 4. The standard InChI is InChI=1S/C29H42O4/c1-18(7-12-27(33)29(14-15-29)20(3)30)24-10-11-25-21(6-5-13-28(24,25)4)8-9-22-16-23(31)17-26(32)19(22)2/h7-9,12,18,23-27,31-33H,2,5-6,10-11,13-17H2,1,3-4H3/b12-7+,21-8+,22-9-/t18-,23-,24-,25+,26+,27-,28-/m1/s1. The van der Waals surface area contributed by atoms with Gasteiger partial charge in [-0.25, -0.2) is 0 Å². The van der Waals surface area contributed by atoms with Crippen molar-refractivity contribution >= 4 is 5.78 Å². The molecular formula is C29H42O4. The Morgan fingerprint density at radius 1 is 1.15 bits per heavy atom. The quantitative estimate of drug-likeness (QED) is 0.491. The van der Waals surface area contributed by atoms with Crippen LogP contribution in [0.4, 0.5) is 0 Å². The molecule has 182 valence electrons. The number of aliphatic hydroxyl groups is 3. The second-order valence-electron chi connectivity index (χ2n) is 11.6. The van der Waals surface area contributed by atoms with E-state index in [9.17, 15) is 20.1 Å². The Hall–Kier alpha value is -1.49. The number of ketones is 1. The fourth-order valence-corrected chi connectivity index (χ4v) is 7.20. The molecule has 3 N–H and O–H groups in total. The lowest BCUT2D eigenvalue weighted by molar-refractivity contribution is -0.124. The molecular weight excluding hydrogens is 412 g/mol. The van der Waals surface area contributed by atoms with Crippen LogP contribution in [0, 0.1) is 28.6 Å². The van der Waals surface area contributed by atoms with E-state index in [1.807, 2.05) is 6.08 Å². The molecule has 0 aliphatic heterocycles. The average molecular weight is 455 g/mol. The lowest BCUT2D eigenvalue weighted by Gasteiger charge is -2.44. The number of carbonyl (C=O) groups is 1. The van der Waals surface area contributed by atoms with Crippen molar-refractivity contribution in [2.45, 2.75) is 96.9 Å². The van der Waals surface area contributed by atoms with Gasteiger partial charge >= 0.3 is 0 Å². The van der Waals surface area contributed by atoms with Crippen LogP contribution < -0.4 is 0 Å². The molecule has 0 aromatic rings. The first-order valence-electron chi connectivity index (χ1n) is 12.9. The third-order valence-electron chi connectivity index (χ3n) is 9.59. The number of hydrogen-bond acceptors (Lipinski definition) is 4. The molecule has 0 heterocycles. The summed E-state index contributed by atoms with van der Waals surface area (Å²) >= 11 is 0. The van der Waals surface area contributed by atoms with E-state index in [-0.39, 0.29) is 11.2 Å². The largest absolute Gasteiger partial charge is 0.393 e. The van der Waals surface area contributed by atoms with Crippen LogP contribution in [-0.2, 0) is 4.79 Å². The first-order chi connectivity index (χ1) is 15.6. The zero-order valence-corrected chi connectivity index (χ0v) is 20.6. The lowest BCUT2D eigenvalue weighted by Crippen LogP contribution is -2.35. The molecule has 0 aromatic carbocycles. The molecule has 4 aliphatic rings. The van der Waals surface area contributed by atoms with Crippen LogP contribution >= 0.6 is 0 Å². The monoisotopic (exact) mass is 454 g/mol. The molecule has 4 heteroatoms. The minimum atomic E-state index is -0.662. The van der Waals surface area contributed by atoms with E-state index in [2.05, 4.69) is 38.7 Å². The molecule has 4 rings (SSSR count). The molecule has 4 saturated carbocycles. The van der Waals surface area contributed by atoms with Crippen molar-refractivity contribution < 1.29 is 20.1 Å². The summed E-state index contributed by atoms with van der Waals surface area (Å²) in [4.78, 5) is 11.9. The van der Waals surface area contributed by atoms with Gasteiger partial charge in [-0.05, 0) is 92.6 Å². The minimum absolute atomic E-state index is 0.108. The Balaban J connectivity index is 1.48. The summed E-state index contributed by atoms with van der Waals surface area (Å²) in [6.45, 7) is 10.4. The van der Waals surface area contributed by atoms with E-state index in [0.717, 1.165) is 30.4 Å². The first-order valence-corrected chi connectivity index (χ1v) is 12.9. The maximum atomic E-state index is 11.9. The number of carbonyl (C=O) groups excluding carboxylic acids is 1. The highest BCUT2D eigenvalue weighted by atomic mass is 16.3. The fraction of sp³-hybridized carbons (Fsp3) is 0.690. The summed E-state index contributed by atoms with van der Waals surface area (Å²) in [5.41, 5.74) is 2.93. The third-order valence-corrected chi connectivity index (χ3v) is 9.59. The van der Waals surface area contributed by atoms with Gasteiger partial charge in [0.05, 0.1) is 23.7 Å². The third kappa shape index (κ3) is 4.59. The molecule has 4 nitrogen and oxygen atoms in total. The Kier molecular flexibility index (Phi) is 6.93. The van der Waals surface area contributed by atoms with Crippen LogP contribution in [-0.4, -0.2) is 39.4 Å². The predicted molar refractivity (Wildman–Crippen MR) is 131 cm³/mol. The minimum Gasteiger partial charge on any atom is -0.393 e. The molecule has 0 unspecified atom stereocenters. The van der Waals surface area contributed by atoms with Crippen LogP contribution in [0.1, 0.15) is 78.6 Å². The summed E-state index contributed by atoms with van der Waals surface area (Å²) < 4.78 is 0. The van der Waals surface area contributed by atoms with Gasteiger partial charge in [-0.1, -0.05) is 50.3 Å². The number of aliphatic hydroxyl groups excluding tert-OH is 3. The summed E-state index contributed by atoms with van der Waals surface area (Å²) in [5, 5.41) is 30.8. The van der Waals surface area contributed by atoms with Crippen LogP contribution in [0.15, 0.2) is 47.6 Å². The molecule has 0 aromatic heterocycles. The Labute approximate surface area is 199 Å². The summed E-state index contributed by atoms with van der Waals surface area (Å²) in [7, 11) is 0. The molecule has 33 heavy (non-hydrogen) atoms. The van der Waals surface area contributed by atoms with Crippen LogP contribution in [0.2, 0.25) is 0 Å². The van der Waals surface area contributed by atoms with E-state index in [4.69, 9.17) is 0 Å². The van der Waals surface area contributed by atoms with Crippen molar-refractivity contribution in [1.29, 1.82) is 0 Å². The smallest absolute Gasteiger partial charge is 0.138 e. The number of rotatable bonds is 6. The van der Waals surface area contributed by atoms with E-state index in [1.165, 1.54) is 31.3 Å². The molecule has 0 saturated heterocycles. The summed E-state index contributed by atoms with van der Waals surface area (Å²) in [5.74, 6) is 1.58. The first kappa shape index (κ1) is 24.6. The summed E-state index contributed by atoms with van der Waals surface area (Å²) in [6, 6.07) is 0. The van der Waals surface area contributed by atoms with Gasteiger partial charge in [0, 0.05) is 6.42 Å². The molecule has 0 radical (unpaired) electrons. The Bertz CT molecular complexity index is 876. The van der Waals surface area contributed by atoms with E-state index >= 15 is 0 Å². The maximum Gasteiger partial charge on any atom is 0.138 e. The van der Waals surface area contributed by atoms with Crippen molar-refractivity contribution in [2.75, 3.05) is 0 Å². The van der Waals surface area contributed by atoms with Gasteiger partial charge < -0.3 is 15.3 Å². The molecule has 4 fully saturated rings. The van der Waals surface area contributed by atoms with Crippen molar-refractivity contribution in [3.63, 3.8) is 0 Å². The SMILES string of the molecule is C=C1/C(=C\C=C2/CCC[C@]3(C)[C@@H]([C@H](C)/C=C/[C@@H](O)C4(C(C)=O)CC4)CC[C@@H]23)C[C@@H](O)C[C@@H]1O. The van der Waals surface area contributed by atoms with Crippen molar-refractivity contribution in [3.8, 4) is 0 Å². The van der Waals surface area contributed by atoms with E-state index in [0.29, 0.717) is 30.6 Å². The van der Waals surface area contributed by atoms with Gasteiger partial charge in [-0.15, -0.1) is 0 Å². The Morgan fingerprint density at radius 3 is 2.55 bits per heavy atom. The molecule has 0 bridgehead atoms. The highest BCUT2D eigenvalue weighted by Crippen LogP contribution is 2.59.